The number of fused-ring (bicyclic) bond motifs is 1. The van der Waals surface area contributed by atoms with Crippen LogP contribution in [0.5, 0.6) is 0 Å². The molecule has 2 atom stereocenters. The van der Waals surface area contributed by atoms with Gasteiger partial charge in [0.1, 0.15) is 11.3 Å². The standard InChI is InChI=1S/C29H39ClFN5O8/c1-7-41-25(37)22(26(38)42-8-2)43-16-19(40-6)14-20(31)36-17-32-21-23(33-27(30)34-24(21)36)35(28(39)44-29(3,4)5)15-18-12-10-9-11-13-18/h9-13,19-20,22,32H,7-8,14-17H2,1-6H3. The largest absolute Gasteiger partial charge is 0.464 e. The summed E-state index contributed by atoms with van der Waals surface area (Å²) in [5.74, 6) is -1.59. The number of aromatic nitrogens is 2. The smallest absolute Gasteiger partial charge is 0.416 e. The molecule has 15 heteroatoms. The van der Waals surface area contributed by atoms with Gasteiger partial charge < -0.3 is 33.9 Å². The van der Waals surface area contributed by atoms with Crippen LogP contribution < -0.4 is 15.1 Å². The third-order valence-electron chi connectivity index (χ3n) is 6.17. The van der Waals surface area contributed by atoms with Gasteiger partial charge in [-0.15, -0.1) is 0 Å². The molecule has 0 bridgehead atoms. The zero-order chi connectivity index (χ0) is 32.4. The molecular weight excluding hydrogens is 601 g/mol. The number of hydrogen-bond donors (Lipinski definition) is 1. The Balaban J connectivity index is 1.83. The van der Waals surface area contributed by atoms with Crippen LogP contribution >= 0.6 is 11.6 Å². The molecule has 0 aliphatic carbocycles. The first kappa shape index (κ1) is 34.7. The number of methoxy groups -OCH3 is 1. The summed E-state index contributed by atoms with van der Waals surface area (Å²) in [6, 6.07) is 9.22. The number of carbonyl (C=O) groups excluding carboxylic acids is 3. The Labute approximate surface area is 260 Å². The predicted octanol–water partition coefficient (Wildman–Crippen LogP) is 4.47. The second-order valence-electron chi connectivity index (χ2n) is 10.6. The highest BCUT2D eigenvalue weighted by molar-refractivity contribution is 6.28. The molecule has 1 aliphatic heterocycles. The highest BCUT2D eigenvalue weighted by Gasteiger charge is 2.37. The summed E-state index contributed by atoms with van der Waals surface area (Å²) in [5, 5.41) is 2.86. The van der Waals surface area contributed by atoms with Crippen LogP contribution in [-0.4, -0.2) is 85.7 Å². The van der Waals surface area contributed by atoms with Gasteiger partial charge in [0.2, 0.25) is 5.28 Å². The second kappa shape index (κ2) is 15.8. The van der Waals surface area contributed by atoms with Crippen molar-refractivity contribution >= 4 is 47.0 Å². The Hall–Kier alpha value is -3.75. The molecule has 1 amide bonds. The van der Waals surface area contributed by atoms with Crippen LogP contribution in [0.3, 0.4) is 0 Å². The van der Waals surface area contributed by atoms with E-state index >= 15 is 4.39 Å². The molecular formula is C29H39ClFN5O8. The molecule has 242 valence electrons. The Bertz CT molecular complexity index is 1260. The third kappa shape index (κ3) is 9.37. The van der Waals surface area contributed by atoms with E-state index in [4.69, 9.17) is 35.3 Å². The van der Waals surface area contributed by atoms with Gasteiger partial charge in [-0.3, -0.25) is 4.90 Å². The maximum atomic E-state index is 15.9. The number of anilines is 3. The second-order valence-corrected chi connectivity index (χ2v) is 11.0. The van der Waals surface area contributed by atoms with Crippen molar-refractivity contribution in [1.82, 2.24) is 9.97 Å². The highest BCUT2D eigenvalue weighted by atomic mass is 35.5. The lowest BCUT2D eigenvalue weighted by atomic mass is 10.2. The molecule has 13 nitrogen and oxygen atoms in total. The van der Waals surface area contributed by atoms with Crippen LogP contribution in [0.4, 0.5) is 26.5 Å². The topological polar surface area (TPSA) is 142 Å². The van der Waals surface area contributed by atoms with Crippen molar-refractivity contribution in [2.24, 2.45) is 0 Å². The van der Waals surface area contributed by atoms with Crippen molar-refractivity contribution in [1.29, 1.82) is 0 Å². The van der Waals surface area contributed by atoms with Crippen molar-refractivity contribution in [2.75, 3.05) is 48.7 Å². The van der Waals surface area contributed by atoms with Gasteiger partial charge in [-0.1, -0.05) is 30.3 Å². The van der Waals surface area contributed by atoms with E-state index in [-0.39, 0.29) is 62.1 Å². The lowest BCUT2D eigenvalue weighted by molar-refractivity contribution is -0.175. The SMILES string of the molecule is CCOC(=O)C(OCC(CC(F)N1CNc2c(N(Cc3ccccc3)C(=O)OC(C)(C)C)nc(Cl)nc21)OC)C(=O)OCC. The van der Waals surface area contributed by atoms with E-state index in [1.165, 1.54) is 16.9 Å². The van der Waals surface area contributed by atoms with Crippen molar-refractivity contribution in [3.8, 4) is 0 Å². The van der Waals surface area contributed by atoms with Crippen LogP contribution in [0.25, 0.3) is 0 Å². The summed E-state index contributed by atoms with van der Waals surface area (Å²) in [7, 11) is 1.35. The van der Waals surface area contributed by atoms with E-state index < -0.39 is 42.1 Å². The number of halogens is 2. The number of esters is 2. The fourth-order valence-corrected chi connectivity index (χ4v) is 4.36. The molecule has 2 unspecified atom stereocenters. The summed E-state index contributed by atoms with van der Waals surface area (Å²) in [4.78, 5) is 49.0. The molecule has 1 aromatic carbocycles. The molecule has 0 radical (unpaired) electrons. The Morgan fingerprint density at radius 3 is 2.30 bits per heavy atom. The van der Waals surface area contributed by atoms with Gasteiger partial charge in [-0.25, -0.2) is 18.8 Å². The first-order valence-electron chi connectivity index (χ1n) is 14.1. The minimum Gasteiger partial charge on any atom is -0.464 e. The number of benzene rings is 1. The number of nitrogens with zero attached hydrogens (tertiary/aromatic N) is 4. The number of hydrogen-bond acceptors (Lipinski definition) is 12. The number of carbonyl (C=O) groups is 3. The van der Waals surface area contributed by atoms with Gasteiger partial charge in [-0.2, -0.15) is 9.97 Å². The van der Waals surface area contributed by atoms with Crippen LogP contribution in [0.2, 0.25) is 5.28 Å². The zero-order valence-electron chi connectivity index (χ0n) is 25.7. The first-order valence-corrected chi connectivity index (χ1v) is 14.5. The lowest BCUT2D eigenvalue weighted by Gasteiger charge is -2.28. The molecule has 1 aliphatic rings. The number of rotatable bonds is 14. The lowest BCUT2D eigenvalue weighted by Crippen LogP contribution is -2.40. The molecule has 0 saturated heterocycles. The number of nitrogens with one attached hydrogen (secondary N) is 1. The van der Waals surface area contributed by atoms with Gasteiger partial charge in [0.15, 0.2) is 17.9 Å². The van der Waals surface area contributed by atoms with E-state index in [9.17, 15) is 14.4 Å². The molecule has 3 rings (SSSR count). The van der Waals surface area contributed by atoms with Gasteiger partial charge >= 0.3 is 18.0 Å². The molecule has 0 saturated carbocycles. The fraction of sp³-hybridized carbons (Fsp3) is 0.552. The first-order chi connectivity index (χ1) is 20.9. The minimum atomic E-state index is -1.69. The molecule has 1 aromatic heterocycles. The van der Waals surface area contributed by atoms with Crippen molar-refractivity contribution < 1.29 is 42.5 Å². The maximum Gasteiger partial charge on any atom is 0.416 e. The fourth-order valence-electron chi connectivity index (χ4n) is 4.20. The Morgan fingerprint density at radius 2 is 1.73 bits per heavy atom. The minimum absolute atomic E-state index is 0.0302. The summed E-state index contributed by atoms with van der Waals surface area (Å²) in [5.41, 5.74) is 0.285. The van der Waals surface area contributed by atoms with Crippen LogP contribution in [0.1, 0.15) is 46.6 Å². The summed E-state index contributed by atoms with van der Waals surface area (Å²) < 4.78 is 42.2. The van der Waals surface area contributed by atoms with E-state index in [0.717, 1.165) is 5.56 Å². The summed E-state index contributed by atoms with van der Waals surface area (Å²) in [6.45, 7) is 8.22. The third-order valence-corrected chi connectivity index (χ3v) is 6.34. The van der Waals surface area contributed by atoms with Gasteiger partial charge in [-0.05, 0) is 51.8 Å². The Kier molecular flexibility index (Phi) is 12.5. The molecule has 44 heavy (non-hydrogen) atoms. The number of alkyl halides is 1. The average Bonchev–Trinajstić information content (AvgIpc) is 3.38. The van der Waals surface area contributed by atoms with E-state index in [1.54, 1.807) is 34.6 Å². The van der Waals surface area contributed by atoms with E-state index in [2.05, 4.69) is 15.3 Å². The van der Waals surface area contributed by atoms with Crippen LogP contribution in [0, 0.1) is 0 Å². The molecule has 2 aromatic rings. The number of amides is 1. The number of ether oxygens (including phenoxy) is 5. The normalized spacial score (nSPS) is 14.0. The Morgan fingerprint density at radius 1 is 1.09 bits per heavy atom. The van der Waals surface area contributed by atoms with Crippen LogP contribution in [0.15, 0.2) is 30.3 Å². The summed E-state index contributed by atoms with van der Waals surface area (Å²) >= 11 is 6.30. The van der Waals surface area contributed by atoms with E-state index in [0.29, 0.717) is 0 Å². The van der Waals surface area contributed by atoms with Crippen LogP contribution in [-0.2, 0) is 39.8 Å². The molecule has 0 spiro atoms. The summed E-state index contributed by atoms with van der Waals surface area (Å²) in [6.07, 6.45) is -5.13. The van der Waals surface area contributed by atoms with Crippen molar-refractivity contribution in [2.45, 2.75) is 71.7 Å². The van der Waals surface area contributed by atoms with Gasteiger partial charge in [0.25, 0.3) is 6.10 Å². The molecule has 1 N–H and O–H groups in total. The molecule has 0 fully saturated rings. The zero-order valence-corrected chi connectivity index (χ0v) is 26.4. The predicted molar refractivity (Wildman–Crippen MR) is 160 cm³/mol. The van der Waals surface area contributed by atoms with E-state index in [1.807, 2.05) is 30.3 Å². The maximum absolute atomic E-state index is 15.9. The quantitative estimate of drug-likeness (QED) is 0.102. The highest BCUT2D eigenvalue weighted by Crippen LogP contribution is 2.40. The van der Waals surface area contributed by atoms with Gasteiger partial charge in [0.05, 0.1) is 39.1 Å². The van der Waals surface area contributed by atoms with Crippen molar-refractivity contribution in [3.05, 3.63) is 41.2 Å². The monoisotopic (exact) mass is 639 g/mol. The average molecular weight is 640 g/mol. The van der Waals surface area contributed by atoms with Crippen molar-refractivity contribution in [3.63, 3.8) is 0 Å². The molecule has 2 heterocycles. The van der Waals surface area contributed by atoms with Gasteiger partial charge in [0, 0.05) is 13.5 Å².